The lowest BCUT2D eigenvalue weighted by Gasteiger charge is -2.25. The van der Waals surface area contributed by atoms with Gasteiger partial charge in [-0.1, -0.05) is 40.0 Å². The molecular formula is C13H26N2O4. The molecule has 0 aliphatic rings. The summed E-state index contributed by atoms with van der Waals surface area (Å²) in [4.78, 5) is 22.1. The summed E-state index contributed by atoms with van der Waals surface area (Å²) in [5.74, 6) is -1.25. The Morgan fingerprint density at radius 1 is 1.26 bits per heavy atom. The zero-order valence-corrected chi connectivity index (χ0v) is 12.0. The van der Waals surface area contributed by atoms with Crippen molar-refractivity contribution in [2.75, 3.05) is 13.2 Å². The molecule has 0 spiro atoms. The number of carboxylic acid groups (broad SMARTS) is 1. The average Bonchev–Trinajstić information content (AvgIpc) is 2.33. The number of aliphatic hydroxyl groups excluding tert-OH is 1. The fourth-order valence-electron chi connectivity index (χ4n) is 1.66. The molecule has 0 unspecified atom stereocenters. The van der Waals surface area contributed by atoms with Crippen LogP contribution in [0.2, 0.25) is 0 Å². The van der Waals surface area contributed by atoms with E-state index in [1.165, 1.54) is 6.42 Å². The van der Waals surface area contributed by atoms with Gasteiger partial charge in [-0.3, -0.25) is 0 Å². The van der Waals surface area contributed by atoms with Crippen LogP contribution in [0.1, 0.15) is 46.5 Å². The number of rotatable bonds is 9. The van der Waals surface area contributed by atoms with E-state index in [1.54, 1.807) is 0 Å². The van der Waals surface area contributed by atoms with Crippen LogP contribution in [0.15, 0.2) is 0 Å². The minimum Gasteiger partial charge on any atom is -0.480 e. The Kier molecular flexibility index (Phi) is 8.14. The standard InChI is InChI=1S/C13H26N2O4/c1-4-5-6-7-13(2,3)9-14-12(19)15-10(8-16)11(17)18/h10,16H,4-9H2,1-3H3,(H,17,18)(H2,14,15,19)/t10-/m0/s1. The molecule has 0 aliphatic heterocycles. The Morgan fingerprint density at radius 3 is 2.37 bits per heavy atom. The molecule has 112 valence electrons. The Balaban J connectivity index is 4.03. The van der Waals surface area contributed by atoms with E-state index in [0.29, 0.717) is 6.54 Å². The van der Waals surface area contributed by atoms with Gasteiger partial charge in [-0.05, 0) is 11.8 Å². The number of hydrogen-bond acceptors (Lipinski definition) is 3. The molecule has 0 saturated heterocycles. The number of urea groups is 1. The van der Waals surface area contributed by atoms with Crippen LogP contribution in [0.25, 0.3) is 0 Å². The predicted molar refractivity (Wildman–Crippen MR) is 73.0 cm³/mol. The second-order valence-corrected chi connectivity index (χ2v) is 5.52. The van der Waals surface area contributed by atoms with Gasteiger partial charge in [0, 0.05) is 6.54 Å². The van der Waals surface area contributed by atoms with E-state index in [-0.39, 0.29) is 5.41 Å². The number of carbonyl (C=O) groups is 2. The Bertz CT molecular complexity index is 292. The number of unbranched alkanes of at least 4 members (excludes halogenated alkanes) is 2. The lowest BCUT2D eigenvalue weighted by atomic mass is 9.87. The van der Waals surface area contributed by atoms with Crippen molar-refractivity contribution in [2.24, 2.45) is 5.41 Å². The molecule has 0 aromatic rings. The van der Waals surface area contributed by atoms with Crippen LogP contribution < -0.4 is 10.6 Å². The van der Waals surface area contributed by atoms with E-state index >= 15 is 0 Å². The molecule has 4 N–H and O–H groups in total. The van der Waals surface area contributed by atoms with Gasteiger partial charge in [0.1, 0.15) is 0 Å². The van der Waals surface area contributed by atoms with E-state index in [0.717, 1.165) is 19.3 Å². The maximum Gasteiger partial charge on any atom is 0.328 e. The maximum atomic E-state index is 11.5. The van der Waals surface area contributed by atoms with Crippen molar-refractivity contribution >= 4 is 12.0 Å². The van der Waals surface area contributed by atoms with E-state index in [1.807, 2.05) is 0 Å². The molecule has 0 saturated carbocycles. The number of hydrogen-bond donors (Lipinski definition) is 4. The average molecular weight is 274 g/mol. The second-order valence-electron chi connectivity index (χ2n) is 5.52. The number of nitrogens with one attached hydrogen (secondary N) is 2. The number of aliphatic carboxylic acids is 1. The zero-order valence-electron chi connectivity index (χ0n) is 12.0. The monoisotopic (exact) mass is 274 g/mol. The summed E-state index contributed by atoms with van der Waals surface area (Å²) in [6.07, 6.45) is 4.44. The van der Waals surface area contributed by atoms with Gasteiger partial charge >= 0.3 is 12.0 Å². The Hall–Kier alpha value is -1.30. The summed E-state index contributed by atoms with van der Waals surface area (Å²) < 4.78 is 0. The summed E-state index contributed by atoms with van der Waals surface area (Å²) in [6, 6.07) is -1.83. The molecule has 2 amide bonds. The molecule has 0 radical (unpaired) electrons. The summed E-state index contributed by atoms with van der Waals surface area (Å²) >= 11 is 0. The fraction of sp³-hybridized carbons (Fsp3) is 0.846. The van der Waals surface area contributed by atoms with Crippen molar-refractivity contribution in [3.63, 3.8) is 0 Å². The van der Waals surface area contributed by atoms with Gasteiger partial charge in [0.2, 0.25) is 0 Å². The van der Waals surface area contributed by atoms with Gasteiger partial charge in [0.05, 0.1) is 6.61 Å². The van der Waals surface area contributed by atoms with E-state index in [4.69, 9.17) is 10.2 Å². The highest BCUT2D eigenvalue weighted by Crippen LogP contribution is 2.22. The van der Waals surface area contributed by atoms with Crippen molar-refractivity contribution in [3.8, 4) is 0 Å². The van der Waals surface area contributed by atoms with Crippen molar-refractivity contribution in [1.82, 2.24) is 10.6 Å². The number of aliphatic hydroxyl groups is 1. The molecule has 0 aromatic heterocycles. The maximum absolute atomic E-state index is 11.5. The van der Waals surface area contributed by atoms with Crippen LogP contribution in [-0.2, 0) is 4.79 Å². The third kappa shape index (κ3) is 8.42. The van der Waals surface area contributed by atoms with Crippen LogP contribution in [0, 0.1) is 5.41 Å². The molecule has 1 atom stereocenters. The fourth-order valence-corrected chi connectivity index (χ4v) is 1.66. The smallest absolute Gasteiger partial charge is 0.328 e. The van der Waals surface area contributed by atoms with E-state index in [2.05, 4.69) is 31.4 Å². The molecule has 0 heterocycles. The normalized spacial score (nSPS) is 12.8. The first kappa shape index (κ1) is 17.7. The highest BCUT2D eigenvalue weighted by Gasteiger charge is 2.21. The summed E-state index contributed by atoms with van der Waals surface area (Å²) in [6.45, 7) is 6.11. The van der Waals surface area contributed by atoms with Crippen LogP contribution in [0.4, 0.5) is 4.79 Å². The molecular weight excluding hydrogens is 248 g/mol. The van der Waals surface area contributed by atoms with E-state index < -0.39 is 24.6 Å². The highest BCUT2D eigenvalue weighted by molar-refractivity contribution is 5.82. The van der Waals surface area contributed by atoms with Gasteiger partial charge in [0.15, 0.2) is 6.04 Å². The van der Waals surface area contributed by atoms with Gasteiger partial charge in [-0.15, -0.1) is 0 Å². The molecule has 6 heteroatoms. The molecule has 0 aliphatic carbocycles. The Labute approximate surface area is 114 Å². The lowest BCUT2D eigenvalue weighted by molar-refractivity contribution is -0.140. The predicted octanol–water partition coefficient (Wildman–Crippen LogP) is 1.34. The van der Waals surface area contributed by atoms with Gasteiger partial charge in [-0.2, -0.15) is 0 Å². The van der Waals surface area contributed by atoms with Crippen LogP contribution in [-0.4, -0.2) is 41.4 Å². The van der Waals surface area contributed by atoms with Crippen LogP contribution in [0.3, 0.4) is 0 Å². The first-order chi connectivity index (χ1) is 8.82. The third-order valence-corrected chi connectivity index (χ3v) is 2.97. The van der Waals surface area contributed by atoms with Crippen molar-refractivity contribution in [3.05, 3.63) is 0 Å². The van der Waals surface area contributed by atoms with Crippen molar-refractivity contribution < 1.29 is 19.8 Å². The number of amides is 2. The summed E-state index contributed by atoms with van der Waals surface area (Å²) in [7, 11) is 0. The first-order valence-electron chi connectivity index (χ1n) is 6.70. The van der Waals surface area contributed by atoms with Crippen LogP contribution >= 0.6 is 0 Å². The van der Waals surface area contributed by atoms with Gasteiger partial charge < -0.3 is 20.8 Å². The topological polar surface area (TPSA) is 98.7 Å². The zero-order chi connectivity index (χ0) is 14.9. The third-order valence-electron chi connectivity index (χ3n) is 2.97. The Morgan fingerprint density at radius 2 is 1.89 bits per heavy atom. The number of carbonyl (C=O) groups excluding carboxylic acids is 1. The minimum atomic E-state index is -1.26. The molecule has 0 bridgehead atoms. The minimum absolute atomic E-state index is 0.0234. The molecule has 0 fully saturated rings. The highest BCUT2D eigenvalue weighted by atomic mass is 16.4. The summed E-state index contributed by atoms with van der Waals surface area (Å²) in [5.41, 5.74) is -0.0234. The van der Waals surface area contributed by atoms with Crippen molar-refractivity contribution in [1.29, 1.82) is 0 Å². The second kappa shape index (κ2) is 8.74. The molecule has 6 nitrogen and oxygen atoms in total. The largest absolute Gasteiger partial charge is 0.480 e. The lowest BCUT2D eigenvalue weighted by Crippen LogP contribution is -2.49. The SMILES string of the molecule is CCCCCC(C)(C)CNC(=O)N[C@@H](CO)C(=O)O. The van der Waals surface area contributed by atoms with Gasteiger partial charge in [0.25, 0.3) is 0 Å². The van der Waals surface area contributed by atoms with E-state index in [9.17, 15) is 9.59 Å². The van der Waals surface area contributed by atoms with Crippen molar-refractivity contribution in [2.45, 2.75) is 52.5 Å². The number of carboxylic acids is 1. The molecule has 0 rings (SSSR count). The first-order valence-corrected chi connectivity index (χ1v) is 6.70. The quantitative estimate of drug-likeness (QED) is 0.477. The summed E-state index contributed by atoms with van der Waals surface area (Å²) in [5, 5.41) is 22.3. The molecule has 19 heavy (non-hydrogen) atoms. The van der Waals surface area contributed by atoms with Crippen LogP contribution in [0.5, 0.6) is 0 Å². The molecule has 0 aromatic carbocycles. The van der Waals surface area contributed by atoms with Gasteiger partial charge in [-0.25, -0.2) is 9.59 Å².